The predicted molar refractivity (Wildman–Crippen MR) is 106 cm³/mol. The molecule has 2 aromatic rings. The number of nitrogens with zero attached hydrogens (tertiary/aromatic N) is 4. The van der Waals surface area contributed by atoms with Gasteiger partial charge < -0.3 is 15.1 Å². The van der Waals surface area contributed by atoms with Gasteiger partial charge in [0.05, 0.1) is 9.82 Å². The number of amides is 2. The maximum atomic E-state index is 12.3. The quantitative estimate of drug-likeness (QED) is 0.574. The number of anilines is 1. The van der Waals surface area contributed by atoms with Gasteiger partial charge in [-0.1, -0.05) is 6.07 Å². The van der Waals surface area contributed by atoms with Gasteiger partial charge in [0.15, 0.2) is 9.84 Å². The van der Waals surface area contributed by atoms with Crippen molar-refractivity contribution in [1.82, 2.24) is 15.2 Å². The highest BCUT2D eigenvalue weighted by Crippen LogP contribution is 2.31. The number of pyridine rings is 1. The van der Waals surface area contributed by atoms with Gasteiger partial charge >= 0.3 is 6.03 Å². The van der Waals surface area contributed by atoms with Crippen LogP contribution < -0.4 is 10.2 Å². The minimum Gasteiger partial charge on any atom is -0.362 e. The maximum absolute atomic E-state index is 12.3. The second kappa shape index (κ2) is 8.43. The number of nitrogens with one attached hydrogen (secondary N) is 1. The van der Waals surface area contributed by atoms with Gasteiger partial charge in [-0.3, -0.25) is 15.1 Å². The third-order valence-electron chi connectivity index (χ3n) is 4.65. The van der Waals surface area contributed by atoms with E-state index >= 15 is 0 Å². The Hall–Kier alpha value is -3.21. The molecule has 2 amide bonds. The van der Waals surface area contributed by atoms with Crippen LogP contribution in [-0.2, 0) is 16.4 Å². The van der Waals surface area contributed by atoms with Crippen LogP contribution in [0.4, 0.5) is 16.2 Å². The van der Waals surface area contributed by atoms with Gasteiger partial charge in [0.1, 0.15) is 5.69 Å². The van der Waals surface area contributed by atoms with E-state index in [1.165, 1.54) is 12.1 Å². The number of urea groups is 1. The molecule has 1 aromatic carbocycles. The van der Waals surface area contributed by atoms with E-state index in [1.807, 2.05) is 6.07 Å². The number of carbonyl (C=O) groups excluding carboxylic acids is 1. The summed E-state index contributed by atoms with van der Waals surface area (Å²) in [6.45, 7) is 1.96. The molecule has 0 saturated carbocycles. The first-order valence-corrected chi connectivity index (χ1v) is 10.8. The van der Waals surface area contributed by atoms with Crippen molar-refractivity contribution in [2.75, 3.05) is 37.3 Å². The summed E-state index contributed by atoms with van der Waals surface area (Å²) < 4.78 is 23.4. The summed E-state index contributed by atoms with van der Waals surface area (Å²) in [5, 5.41) is 14.3. The molecule has 1 aromatic heterocycles. The molecule has 29 heavy (non-hydrogen) atoms. The van der Waals surface area contributed by atoms with Crippen LogP contribution >= 0.6 is 0 Å². The zero-order valence-electron chi connectivity index (χ0n) is 15.8. The Labute approximate surface area is 168 Å². The second-order valence-corrected chi connectivity index (χ2v) is 8.69. The fourth-order valence-electron chi connectivity index (χ4n) is 3.09. The Kier molecular flexibility index (Phi) is 5.97. The van der Waals surface area contributed by atoms with Crippen LogP contribution in [0.3, 0.4) is 0 Å². The fraction of sp³-hybridized carbons (Fsp3) is 0.333. The number of nitro groups is 1. The van der Waals surface area contributed by atoms with Crippen molar-refractivity contribution in [3.05, 3.63) is 58.4 Å². The Bertz CT molecular complexity index is 1000. The van der Waals surface area contributed by atoms with E-state index in [-0.39, 0.29) is 16.6 Å². The SMILES string of the molecule is CS(=O)(=O)c1ccc(N2CCN(C(=O)NCc3cccnc3)CC2)c([N+](=O)[O-])c1. The summed E-state index contributed by atoms with van der Waals surface area (Å²) in [7, 11) is -3.54. The molecule has 11 heteroatoms. The number of nitro benzene ring substituents is 1. The van der Waals surface area contributed by atoms with E-state index in [9.17, 15) is 23.3 Å². The van der Waals surface area contributed by atoms with Crippen molar-refractivity contribution in [1.29, 1.82) is 0 Å². The van der Waals surface area contributed by atoms with Crippen LogP contribution in [0.25, 0.3) is 0 Å². The molecule has 0 unspecified atom stereocenters. The molecule has 154 valence electrons. The van der Waals surface area contributed by atoms with Crippen molar-refractivity contribution >= 4 is 27.2 Å². The highest BCUT2D eigenvalue weighted by atomic mass is 32.2. The molecule has 0 radical (unpaired) electrons. The summed E-state index contributed by atoms with van der Waals surface area (Å²) in [4.78, 5) is 30.5. The number of sulfone groups is 1. The normalized spacial score (nSPS) is 14.5. The van der Waals surface area contributed by atoms with E-state index in [2.05, 4.69) is 10.3 Å². The smallest absolute Gasteiger partial charge is 0.317 e. The van der Waals surface area contributed by atoms with E-state index < -0.39 is 14.8 Å². The molecule has 1 N–H and O–H groups in total. The summed E-state index contributed by atoms with van der Waals surface area (Å²) in [5.74, 6) is 0. The van der Waals surface area contributed by atoms with Gasteiger partial charge in [-0.15, -0.1) is 0 Å². The molecule has 0 atom stereocenters. The molecular formula is C18H21N5O5S. The molecule has 2 heterocycles. The summed E-state index contributed by atoms with van der Waals surface area (Å²) in [6, 6.07) is 7.34. The Balaban J connectivity index is 1.64. The van der Waals surface area contributed by atoms with Gasteiger partial charge in [-0.05, 0) is 23.8 Å². The molecular weight excluding hydrogens is 398 g/mol. The van der Waals surface area contributed by atoms with Gasteiger partial charge in [-0.2, -0.15) is 0 Å². The minimum absolute atomic E-state index is 0.0960. The van der Waals surface area contributed by atoms with Gasteiger partial charge in [0.25, 0.3) is 5.69 Å². The maximum Gasteiger partial charge on any atom is 0.317 e. The number of piperazine rings is 1. The Morgan fingerprint density at radius 3 is 2.55 bits per heavy atom. The average Bonchev–Trinajstić information content (AvgIpc) is 2.71. The molecule has 1 fully saturated rings. The number of rotatable bonds is 5. The first kappa shape index (κ1) is 20.5. The van der Waals surface area contributed by atoms with Gasteiger partial charge in [-0.25, -0.2) is 13.2 Å². The predicted octanol–water partition coefficient (Wildman–Crippen LogP) is 1.43. The van der Waals surface area contributed by atoms with Crippen LogP contribution in [-0.4, -0.2) is 61.7 Å². The van der Waals surface area contributed by atoms with Crippen molar-refractivity contribution in [3.63, 3.8) is 0 Å². The van der Waals surface area contributed by atoms with E-state index in [1.54, 1.807) is 28.3 Å². The monoisotopic (exact) mass is 419 g/mol. The molecule has 3 rings (SSSR count). The van der Waals surface area contributed by atoms with Crippen molar-refractivity contribution in [3.8, 4) is 0 Å². The summed E-state index contributed by atoms with van der Waals surface area (Å²) in [6.07, 6.45) is 4.35. The van der Waals surface area contributed by atoms with E-state index in [0.717, 1.165) is 17.9 Å². The van der Waals surface area contributed by atoms with E-state index in [4.69, 9.17) is 0 Å². The van der Waals surface area contributed by atoms with Crippen LogP contribution in [0.5, 0.6) is 0 Å². The minimum atomic E-state index is -3.54. The van der Waals surface area contributed by atoms with Crippen LogP contribution in [0.2, 0.25) is 0 Å². The third-order valence-corrected chi connectivity index (χ3v) is 5.76. The van der Waals surface area contributed by atoms with Crippen LogP contribution in [0.1, 0.15) is 5.56 Å². The number of hydrogen-bond donors (Lipinski definition) is 1. The number of benzene rings is 1. The zero-order chi connectivity index (χ0) is 21.0. The van der Waals surface area contributed by atoms with Gasteiger partial charge in [0.2, 0.25) is 0 Å². The lowest BCUT2D eigenvalue weighted by molar-refractivity contribution is -0.384. The molecule has 0 spiro atoms. The van der Waals surface area contributed by atoms with Crippen molar-refractivity contribution < 1.29 is 18.1 Å². The Morgan fingerprint density at radius 1 is 1.24 bits per heavy atom. The summed E-state index contributed by atoms with van der Waals surface area (Å²) >= 11 is 0. The van der Waals surface area contributed by atoms with Crippen LogP contribution in [0, 0.1) is 10.1 Å². The van der Waals surface area contributed by atoms with Crippen molar-refractivity contribution in [2.24, 2.45) is 0 Å². The molecule has 1 saturated heterocycles. The standard InChI is InChI=1S/C18H21N5O5S/c1-29(27,28)15-4-5-16(17(11-15)23(25)26)21-7-9-22(10-8-21)18(24)20-13-14-3-2-6-19-12-14/h2-6,11-12H,7-10,13H2,1H3,(H,20,24). The first-order chi connectivity index (χ1) is 13.8. The van der Waals surface area contributed by atoms with Gasteiger partial charge in [0, 0.05) is 57.4 Å². The fourth-order valence-corrected chi connectivity index (χ4v) is 3.73. The first-order valence-electron chi connectivity index (χ1n) is 8.91. The largest absolute Gasteiger partial charge is 0.362 e. The lowest BCUT2D eigenvalue weighted by Gasteiger charge is -2.35. The lowest BCUT2D eigenvalue weighted by atomic mass is 10.2. The van der Waals surface area contributed by atoms with Crippen LogP contribution in [0.15, 0.2) is 47.6 Å². The molecule has 0 bridgehead atoms. The number of hydrogen-bond acceptors (Lipinski definition) is 7. The Morgan fingerprint density at radius 2 is 1.97 bits per heavy atom. The highest BCUT2D eigenvalue weighted by molar-refractivity contribution is 7.90. The van der Waals surface area contributed by atoms with E-state index in [0.29, 0.717) is 38.4 Å². The third kappa shape index (κ3) is 4.99. The number of aromatic nitrogens is 1. The summed E-state index contributed by atoms with van der Waals surface area (Å²) in [5.41, 5.74) is 0.973. The number of carbonyl (C=O) groups is 1. The molecule has 1 aliphatic heterocycles. The van der Waals surface area contributed by atoms with Crippen molar-refractivity contribution in [2.45, 2.75) is 11.4 Å². The lowest BCUT2D eigenvalue weighted by Crippen LogP contribution is -2.51. The average molecular weight is 419 g/mol. The topological polar surface area (TPSA) is 126 Å². The molecule has 10 nitrogen and oxygen atoms in total. The molecule has 0 aliphatic carbocycles. The zero-order valence-corrected chi connectivity index (χ0v) is 16.6. The molecule has 1 aliphatic rings. The highest BCUT2D eigenvalue weighted by Gasteiger charge is 2.27. The second-order valence-electron chi connectivity index (χ2n) is 6.67.